The predicted octanol–water partition coefficient (Wildman–Crippen LogP) is 3.28. The van der Waals surface area contributed by atoms with Crippen molar-refractivity contribution in [1.29, 1.82) is 0 Å². The lowest BCUT2D eigenvalue weighted by Crippen LogP contribution is -2.29. The lowest BCUT2D eigenvalue weighted by Gasteiger charge is -2.12. The number of nitrogens with one attached hydrogen (secondary N) is 2. The number of ether oxygens (including phenoxy) is 1. The normalized spacial score (nSPS) is 18.5. The number of aryl methyl sites for hydroxylation is 1. The molecule has 136 valence electrons. The van der Waals surface area contributed by atoms with Crippen LogP contribution < -0.4 is 10.6 Å². The van der Waals surface area contributed by atoms with Crippen molar-refractivity contribution < 1.29 is 14.3 Å². The minimum atomic E-state index is -0.396. The van der Waals surface area contributed by atoms with E-state index in [1.54, 1.807) is 0 Å². The summed E-state index contributed by atoms with van der Waals surface area (Å²) in [4.78, 5) is 26.5. The number of fused-ring (bicyclic) bond motifs is 1. The maximum atomic E-state index is 12.9. The molecule has 1 atom stereocenters. The van der Waals surface area contributed by atoms with Crippen LogP contribution in [0.5, 0.6) is 0 Å². The SMILES string of the molecule is O=C(NCc1ccccc1)c1c(NC(=O)[C@H]2CCCO2)sc2c1CCC2. The van der Waals surface area contributed by atoms with Crippen LogP contribution in [-0.4, -0.2) is 24.5 Å². The maximum absolute atomic E-state index is 12.9. The van der Waals surface area contributed by atoms with E-state index in [1.807, 2.05) is 30.3 Å². The van der Waals surface area contributed by atoms with Crippen LogP contribution >= 0.6 is 11.3 Å². The Kier molecular flexibility index (Phi) is 5.04. The van der Waals surface area contributed by atoms with Gasteiger partial charge in [0.25, 0.3) is 11.8 Å². The van der Waals surface area contributed by atoms with Crippen LogP contribution in [0.2, 0.25) is 0 Å². The summed E-state index contributed by atoms with van der Waals surface area (Å²) in [5.74, 6) is -0.254. The van der Waals surface area contributed by atoms with Crippen molar-refractivity contribution in [2.75, 3.05) is 11.9 Å². The van der Waals surface area contributed by atoms with Crippen molar-refractivity contribution in [3.05, 3.63) is 51.9 Å². The van der Waals surface area contributed by atoms with Crippen molar-refractivity contribution in [2.24, 2.45) is 0 Å². The highest BCUT2D eigenvalue weighted by atomic mass is 32.1. The first-order valence-electron chi connectivity index (χ1n) is 9.11. The molecule has 2 aliphatic rings. The molecule has 26 heavy (non-hydrogen) atoms. The average molecular weight is 370 g/mol. The highest BCUT2D eigenvalue weighted by Crippen LogP contribution is 2.39. The standard InChI is InChI=1S/C20H22N2O3S/c23-18(15-9-5-11-25-15)22-20-17(14-8-4-10-16(14)26-20)19(24)21-12-13-6-2-1-3-7-13/h1-3,6-7,15H,4-5,8-12H2,(H,21,24)(H,22,23)/t15-/m1/s1. The van der Waals surface area contributed by atoms with E-state index in [9.17, 15) is 9.59 Å². The minimum absolute atomic E-state index is 0.115. The monoisotopic (exact) mass is 370 g/mol. The van der Waals surface area contributed by atoms with Gasteiger partial charge in [0.05, 0.1) is 5.56 Å². The van der Waals surface area contributed by atoms with Crippen LogP contribution in [0, 0.1) is 0 Å². The Hall–Kier alpha value is -2.18. The van der Waals surface area contributed by atoms with Gasteiger partial charge in [-0.3, -0.25) is 9.59 Å². The molecule has 2 N–H and O–H groups in total. The van der Waals surface area contributed by atoms with Crippen LogP contribution in [0.25, 0.3) is 0 Å². The number of thiophene rings is 1. The molecule has 0 bridgehead atoms. The molecule has 4 rings (SSSR count). The van der Waals surface area contributed by atoms with Crippen LogP contribution in [0.15, 0.2) is 30.3 Å². The number of carbonyl (C=O) groups is 2. The average Bonchev–Trinajstić information content (AvgIpc) is 3.37. The van der Waals surface area contributed by atoms with E-state index in [4.69, 9.17) is 4.74 Å². The van der Waals surface area contributed by atoms with Crippen molar-refractivity contribution in [2.45, 2.75) is 44.8 Å². The first-order valence-corrected chi connectivity index (χ1v) is 9.93. The van der Waals surface area contributed by atoms with Crippen LogP contribution in [0.4, 0.5) is 5.00 Å². The number of rotatable bonds is 5. The first-order chi connectivity index (χ1) is 12.7. The molecule has 1 aliphatic heterocycles. The molecule has 2 heterocycles. The van der Waals surface area contributed by atoms with Gasteiger partial charge < -0.3 is 15.4 Å². The van der Waals surface area contributed by atoms with Crippen LogP contribution in [0.3, 0.4) is 0 Å². The molecule has 2 amide bonds. The number of benzene rings is 1. The van der Waals surface area contributed by atoms with Gasteiger partial charge in [0.1, 0.15) is 11.1 Å². The van der Waals surface area contributed by atoms with Gasteiger partial charge in [-0.2, -0.15) is 0 Å². The molecule has 6 heteroatoms. The van der Waals surface area contributed by atoms with Crippen LogP contribution in [0.1, 0.15) is 45.6 Å². The van der Waals surface area contributed by atoms with Crippen molar-refractivity contribution >= 4 is 28.2 Å². The Balaban J connectivity index is 1.52. The molecular weight excluding hydrogens is 348 g/mol. The molecule has 0 radical (unpaired) electrons. The van der Waals surface area contributed by atoms with E-state index < -0.39 is 6.10 Å². The van der Waals surface area contributed by atoms with Crippen molar-refractivity contribution in [3.63, 3.8) is 0 Å². The smallest absolute Gasteiger partial charge is 0.254 e. The summed E-state index contributed by atoms with van der Waals surface area (Å²) in [6, 6.07) is 9.83. The summed E-state index contributed by atoms with van der Waals surface area (Å²) in [6.45, 7) is 1.10. The zero-order valence-corrected chi connectivity index (χ0v) is 15.4. The number of hydrogen-bond acceptors (Lipinski definition) is 4. The van der Waals surface area contributed by atoms with E-state index in [0.29, 0.717) is 23.7 Å². The summed E-state index contributed by atoms with van der Waals surface area (Å²) in [6.07, 6.45) is 4.20. The summed E-state index contributed by atoms with van der Waals surface area (Å²) in [5, 5.41) is 6.62. The lowest BCUT2D eigenvalue weighted by atomic mass is 10.1. The fraction of sp³-hybridized carbons (Fsp3) is 0.400. The van der Waals surface area contributed by atoms with E-state index in [2.05, 4.69) is 10.6 Å². The van der Waals surface area contributed by atoms with Crippen molar-refractivity contribution in [3.8, 4) is 0 Å². The Labute approximate surface area is 156 Å². The number of hydrogen-bond donors (Lipinski definition) is 2. The molecule has 1 aromatic heterocycles. The molecule has 0 unspecified atom stereocenters. The summed E-state index contributed by atoms with van der Waals surface area (Å²) in [5.41, 5.74) is 2.80. The van der Waals surface area contributed by atoms with Gasteiger partial charge in [-0.25, -0.2) is 0 Å². The Morgan fingerprint density at radius 1 is 1.15 bits per heavy atom. The number of carbonyl (C=O) groups excluding carboxylic acids is 2. The van der Waals surface area contributed by atoms with Crippen molar-refractivity contribution in [1.82, 2.24) is 5.32 Å². The molecule has 1 saturated heterocycles. The Morgan fingerprint density at radius 2 is 2.00 bits per heavy atom. The largest absolute Gasteiger partial charge is 0.368 e. The van der Waals surface area contributed by atoms with Gasteiger partial charge >= 0.3 is 0 Å². The predicted molar refractivity (Wildman–Crippen MR) is 102 cm³/mol. The summed E-state index contributed by atoms with van der Waals surface area (Å²) >= 11 is 1.54. The number of anilines is 1. The molecular formula is C20H22N2O3S. The number of amides is 2. The second-order valence-corrected chi connectivity index (χ2v) is 7.83. The van der Waals surface area contributed by atoms with Crippen LogP contribution in [-0.2, 0) is 28.9 Å². The Bertz CT molecular complexity index is 810. The first kappa shape index (κ1) is 17.2. The van der Waals surface area contributed by atoms with Gasteiger partial charge in [-0.05, 0) is 43.2 Å². The third kappa shape index (κ3) is 3.52. The quantitative estimate of drug-likeness (QED) is 0.849. The van der Waals surface area contributed by atoms with E-state index in [0.717, 1.165) is 43.2 Å². The summed E-state index contributed by atoms with van der Waals surface area (Å²) < 4.78 is 5.46. The zero-order valence-electron chi connectivity index (χ0n) is 14.5. The third-order valence-electron chi connectivity index (χ3n) is 4.90. The minimum Gasteiger partial charge on any atom is -0.368 e. The molecule has 5 nitrogen and oxygen atoms in total. The molecule has 0 saturated carbocycles. The van der Waals surface area contributed by atoms with Gasteiger partial charge in [-0.1, -0.05) is 30.3 Å². The van der Waals surface area contributed by atoms with Gasteiger partial charge in [0.2, 0.25) is 0 Å². The molecule has 1 fully saturated rings. The second kappa shape index (κ2) is 7.60. The lowest BCUT2D eigenvalue weighted by molar-refractivity contribution is -0.124. The highest BCUT2D eigenvalue weighted by Gasteiger charge is 2.30. The highest BCUT2D eigenvalue weighted by molar-refractivity contribution is 7.17. The molecule has 0 spiro atoms. The fourth-order valence-corrected chi connectivity index (χ4v) is 4.87. The molecule has 2 aromatic rings. The second-order valence-electron chi connectivity index (χ2n) is 6.72. The van der Waals surface area contributed by atoms with Gasteiger partial charge in [0.15, 0.2) is 0 Å². The van der Waals surface area contributed by atoms with E-state index in [-0.39, 0.29) is 11.8 Å². The van der Waals surface area contributed by atoms with Gasteiger partial charge in [0, 0.05) is 18.0 Å². The van der Waals surface area contributed by atoms with E-state index >= 15 is 0 Å². The third-order valence-corrected chi connectivity index (χ3v) is 6.11. The van der Waals surface area contributed by atoms with E-state index in [1.165, 1.54) is 16.2 Å². The topological polar surface area (TPSA) is 67.4 Å². The maximum Gasteiger partial charge on any atom is 0.254 e. The molecule has 1 aliphatic carbocycles. The van der Waals surface area contributed by atoms with Gasteiger partial charge in [-0.15, -0.1) is 11.3 Å². The zero-order chi connectivity index (χ0) is 17.9. The molecule has 1 aromatic carbocycles. The Morgan fingerprint density at radius 3 is 2.77 bits per heavy atom. The summed E-state index contributed by atoms with van der Waals surface area (Å²) in [7, 11) is 0. The fourth-order valence-electron chi connectivity index (χ4n) is 3.58.